The second kappa shape index (κ2) is 9.11. The molecule has 0 fully saturated rings. The van der Waals surface area contributed by atoms with E-state index in [9.17, 15) is 4.79 Å². The number of hydrogen-bond donors (Lipinski definition) is 1. The summed E-state index contributed by atoms with van der Waals surface area (Å²) in [6, 6.07) is 1.82. The van der Waals surface area contributed by atoms with E-state index < -0.39 is 0 Å². The Kier molecular flexibility index (Phi) is 7.44. The summed E-state index contributed by atoms with van der Waals surface area (Å²) in [4.78, 5) is 18.4. The molecule has 1 N–H and O–H groups in total. The summed E-state index contributed by atoms with van der Waals surface area (Å²) in [5.74, 6) is 5.22. The zero-order valence-corrected chi connectivity index (χ0v) is 12.8. The van der Waals surface area contributed by atoms with Crippen LogP contribution in [0.2, 0.25) is 0 Å². The Morgan fingerprint density at radius 2 is 2.29 bits per heavy atom. The number of carbonyl (C=O) groups is 1. The smallest absolute Gasteiger partial charge is 0.255 e. The molecule has 0 aliphatic heterocycles. The number of pyridine rings is 1. The van der Waals surface area contributed by atoms with Crippen molar-refractivity contribution in [3.63, 3.8) is 0 Å². The van der Waals surface area contributed by atoms with Crippen LogP contribution in [0.25, 0.3) is 0 Å². The molecule has 1 unspecified atom stereocenters. The summed E-state index contributed by atoms with van der Waals surface area (Å²) >= 11 is 0. The minimum Gasteiger partial charge on any atom is -0.384 e. The fourth-order valence-electron chi connectivity index (χ4n) is 1.86. The van der Waals surface area contributed by atoms with Gasteiger partial charge in [0.1, 0.15) is 6.61 Å². The van der Waals surface area contributed by atoms with Gasteiger partial charge in [-0.3, -0.25) is 9.78 Å². The van der Waals surface area contributed by atoms with E-state index in [2.05, 4.69) is 16.8 Å². The molecule has 5 nitrogen and oxygen atoms in total. The Bertz CT molecular complexity index is 520. The number of amides is 1. The summed E-state index contributed by atoms with van der Waals surface area (Å²) in [5.41, 5.74) is 1.11. The molecule has 0 saturated heterocycles. The largest absolute Gasteiger partial charge is 0.384 e. The van der Waals surface area contributed by atoms with Crippen molar-refractivity contribution in [2.75, 3.05) is 26.9 Å². The molecule has 5 heteroatoms. The fourth-order valence-corrected chi connectivity index (χ4v) is 1.86. The molecule has 1 aromatic rings. The molecule has 0 saturated carbocycles. The van der Waals surface area contributed by atoms with Crippen molar-refractivity contribution in [1.82, 2.24) is 9.88 Å². The van der Waals surface area contributed by atoms with Crippen LogP contribution in [0.3, 0.4) is 0 Å². The maximum atomic E-state index is 12.6. The SMILES string of the molecule is CCC(C)N(CCOC)C(=O)c1cncc(C#CCO)c1. The van der Waals surface area contributed by atoms with Crippen molar-refractivity contribution in [1.29, 1.82) is 0 Å². The fraction of sp³-hybridized carbons (Fsp3) is 0.500. The van der Waals surface area contributed by atoms with E-state index >= 15 is 0 Å². The number of methoxy groups -OCH3 is 1. The van der Waals surface area contributed by atoms with Crippen LogP contribution < -0.4 is 0 Å². The van der Waals surface area contributed by atoms with Gasteiger partial charge < -0.3 is 14.7 Å². The third kappa shape index (κ3) is 5.18. The Hall–Kier alpha value is -1.90. The van der Waals surface area contributed by atoms with Gasteiger partial charge in [-0.1, -0.05) is 18.8 Å². The number of rotatable bonds is 6. The molecule has 21 heavy (non-hydrogen) atoms. The molecule has 1 aromatic heterocycles. The highest BCUT2D eigenvalue weighted by atomic mass is 16.5. The molecule has 1 atom stereocenters. The monoisotopic (exact) mass is 290 g/mol. The molecular formula is C16H22N2O3. The summed E-state index contributed by atoms with van der Waals surface area (Å²) in [6.45, 7) is 4.87. The molecule has 1 rings (SSSR count). The van der Waals surface area contributed by atoms with Gasteiger partial charge in [-0.2, -0.15) is 0 Å². The van der Waals surface area contributed by atoms with Crippen LogP contribution in [0.5, 0.6) is 0 Å². The summed E-state index contributed by atoms with van der Waals surface area (Å²) < 4.78 is 5.07. The third-order valence-electron chi connectivity index (χ3n) is 3.22. The van der Waals surface area contributed by atoms with Crippen LogP contribution >= 0.6 is 0 Å². The quantitative estimate of drug-likeness (QED) is 0.803. The molecule has 0 spiro atoms. The van der Waals surface area contributed by atoms with Crippen molar-refractivity contribution in [2.24, 2.45) is 0 Å². The van der Waals surface area contributed by atoms with E-state index in [0.717, 1.165) is 6.42 Å². The number of nitrogens with zero attached hydrogens (tertiary/aromatic N) is 2. The highest BCUT2D eigenvalue weighted by molar-refractivity contribution is 5.94. The lowest BCUT2D eigenvalue weighted by molar-refractivity contribution is 0.0613. The van der Waals surface area contributed by atoms with Gasteiger partial charge in [-0.25, -0.2) is 0 Å². The molecular weight excluding hydrogens is 268 g/mol. The Balaban J connectivity index is 2.97. The second-order valence-electron chi connectivity index (χ2n) is 4.67. The standard InChI is InChI=1S/C16H22N2O3/c1-4-13(2)18(7-9-21-3)16(20)15-10-14(6-5-8-19)11-17-12-15/h10-13,19H,4,7-9H2,1-3H3. The van der Waals surface area contributed by atoms with Gasteiger partial charge in [-0.05, 0) is 19.4 Å². The first kappa shape index (κ1) is 17.2. The van der Waals surface area contributed by atoms with Gasteiger partial charge in [0.25, 0.3) is 5.91 Å². The molecule has 1 amide bonds. The first-order valence-corrected chi connectivity index (χ1v) is 6.98. The van der Waals surface area contributed by atoms with Crippen molar-refractivity contribution in [3.05, 3.63) is 29.6 Å². The number of aliphatic hydroxyl groups excluding tert-OH is 1. The van der Waals surface area contributed by atoms with E-state index in [-0.39, 0.29) is 18.6 Å². The van der Waals surface area contributed by atoms with Crippen LogP contribution in [-0.4, -0.2) is 53.8 Å². The lowest BCUT2D eigenvalue weighted by atomic mass is 10.1. The minimum absolute atomic E-state index is 0.0819. The van der Waals surface area contributed by atoms with Crippen LogP contribution in [0.1, 0.15) is 36.2 Å². The molecule has 0 radical (unpaired) electrons. The van der Waals surface area contributed by atoms with Gasteiger partial charge >= 0.3 is 0 Å². The topological polar surface area (TPSA) is 62.7 Å². The van der Waals surface area contributed by atoms with E-state index in [1.54, 1.807) is 24.3 Å². The summed E-state index contributed by atoms with van der Waals surface area (Å²) in [7, 11) is 1.62. The number of hydrogen-bond acceptors (Lipinski definition) is 4. The van der Waals surface area contributed by atoms with Gasteiger partial charge in [0, 0.05) is 37.7 Å². The first-order valence-electron chi connectivity index (χ1n) is 6.98. The van der Waals surface area contributed by atoms with E-state index in [4.69, 9.17) is 9.84 Å². The molecule has 0 bridgehead atoms. The van der Waals surface area contributed by atoms with Crippen LogP contribution in [0.4, 0.5) is 0 Å². The number of aliphatic hydroxyl groups is 1. The van der Waals surface area contributed by atoms with Crippen molar-refractivity contribution in [3.8, 4) is 11.8 Å². The average Bonchev–Trinajstić information content (AvgIpc) is 2.52. The van der Waals surface area contributed by atoms with Crippen LogP contribution in [0.15, 0.2) is 18.5 Å². The average molecular weight is 290 g/mol. The van der Waals surface area contributed by atoms with Gasteiger partial charge in [0.15, 0.2) is 0 Å². The zero-order chi connectivity index (χ0) is 15.7. The van der Waals surface area contributed by atoms with Gasteiger partial charge in [0.05, 0.1) is 12.2 Å². The second-order valence-corrected chi connectivity index (χ2v) is 4.67. The van der Waals surface area contributed by atoms with Gasteiger partial charge in [-0.15, -0.1) is 0 Å². The lowest BCUT2D eigenvalue weighted by Crippen LogP contribution is -2.40. The van der Waals surface area contributed by atoms with Gasteiger partial charge in [0.2, 0.25) is 0 Å². The summed E-state index contributed by atoms with van der Waals surface area (Å²) in [6.07, 6.45) is 3.98. The number of ether oxygens (including phenoxy) is 1. The highest BCUT2D eigenvalue weighted by Crippen LogP contribution is 2.11. The Labute approximate surface area is 125 Å². The van der Waals surface area contributed by atoms with Crippen LogP contribution in [0, 0.1) is 11.8 Å². The van der Waals surface area contributed by atoms with E-state index in [0.29, 0.717) is 24.3 Å². The van der Waals surface area contributed by atoms with Crippen molar-refractivity contribution < 1.29 is 14.6 Å². The normalized spacial score (nSPS) is 11.4. The Morgan fingerprint density at radius 1 is 1.52 bits per heavy atom. The molecule has 0 aromatic carbocycles. The maximum absolute atomic E-state index is 12.6. The number of carbonyl (C=O) groups excluding carboxylic acids is 1. The molecule has 0 aliphatic rings. The maximum Gasteiger partial charge on any atom is 0.255 e. The first-order chi connectivity index (χ1) is 10.1. The predicted octanol–water partition coefficient (Wildman–Crippen LogP) is 1.31. The zero-order valence-electron chi connectivity index (χ0n) is 12.8. The Morgan fingerprint density at radius 3 is 2.90 bits per heavy atom. The highest BCUT2D eigenvalue weighted by Gasteiger charge is 2.20. The van der Waals surface area contributed by atoms with Crippen molar-refractivity contribution in [2.45, 2.75) is 26.3 Å². The van der Waals surface area contributed by atoms with Crippen molar-refractivity contribution >= 4 is 5.91 Å². The molecule has 0 aliphatic carbocycles. The molecule has 1 heterocycles. The third-order valence-corrected chi connectivity index (χ3v) is 3.22. The van der Waals surface area contributed by atoms with E-state index in [1.807, 2.05) is 13.8 Å². The molecule has 114 valence electrons. The minimum atomic E-state index is -0.217. The lowest BCUT2D eigenvalue weighted by Gasteiger charge is -2.28. The number of aromatic nitrogens is 1. The summed E-state index contributed by atoms with van der Waals surface area (Å²) in [5, 5.41) is 8.71. The van der Waals surface area contributed by atoms with Crippen LogP contribution in [-0.2, 0) is 4.74 Å². The van der Waals surface area contributed by atoms with E-state index in [1.165, 1.54) is 6.20 Å². The predicted molar refractivity (Wildman–Crippen MR) is 80.9 cm³/mol.